The van der Waals surface area contributed by atoms with Gasteiger partial charge >= 0.3 is 0 Å². The number of hydrogen-bond donors (Lipinski definition) is 0. The van der Waals surface area contributed by atoms with Crippen LogP contribution in [0, 0.1) is 12.0 Å². The van der Waals surface area contributed by atoms with Crippen molar-refractivity contribution in [3.05, 3.63) is 30.3 Å². The van der Waals surface area contributed by atoms with E-state index in [1.165, 1.54) is 38.5 Å². The third-order valence-corrected chi connectivity index (χ3v) is 2.90. The fraction of sp³-hybridized carbons (Fsp3) is 0.571. The average molecular weight is 203 g/mol. The summed E-state index contributed by atoms with van der Waals surface area (Å²) in [4.78, 5) is 0. The Morgan fingerprint density at radius 2 is 2.20 bits per heavy atom. The third kappa shape index (κ3) is 4.37. The van der Waals surface area contributed by atoms with Crippen LogP contribution >= 0.6 is 0 Å². The molecule has 1 fully saturated rings. The van der Waals surface area contributed by atoms with E-state index in [-0.39, 0.29) is 0 Å². The molecule has 81 valence electrons. The summed E-state index contributed by atoms with van der Waals surface area (Å²) in [5.74, 6) is 2.02. The molecule has 0 saturated heterocycles. The Labute approximate surface area is 92.5 Å². The second-order valence-electron chi connectivity index (χ2n) is 4.38. The number of unbranched alkanes of at least 4 members (excludes halogenated alkanes) is 2. The molecule has 0 N–H and O–H groups in total. The van der Waals surface area contributed by atoms with Crippen LogP contribution in [0.2, 0.25) is 0 Å². The predicted molar refractivity (Wildman–Crippen MR) is 62.0 cm³/mol. The molecule has 1 radical (unpaired) electrons. The lowest BCUT2D eigenvalue weighted by molar-refractivity contribution is 0.304. The maximum Gasteiger partial charge on any atom is 0.119 e. The van der Waals surface area contributed by atoms with Crippen LogP contribution in [0.4, 0.5) is 0 Å². The molecular weight excluding hydrogens is 184 g/mol. The van der Waals surface area contributed by atoms with E-state index in [1.54, 1.807) is 0 Å². The molecular formula is C14H19O. The largest absolute Gasteiger partial charge is 0.494 e. The third-order valence-electron chi connectivity index (χ3n) is 2.90. The molecule has 0 heterocycles. The van der Waals surface area contributed by atoms with Crippen molar-refractivity contribution in [3.8, 4) is 5.75 Å². The number of benzene rings is 1. The minimum atomic E-state index is 0.850. The second-order valence-corrected chi connectivity index (χ2v) is 4.38. The van der Waals surface area contributed by atoms with Gasteiger partial charge in [0.25, 0.3) is 0 Å². The summed E-state index contributed by atoms with van der Waals surface area (Å²) < 4.78 is 5.60. The summed E-state index contributed by atoms with van der Waals surface area (Å²) in [6.45, 7) is 0.850. The predicted octanol–water partition coefficient (Wildman–Crippen LogP) is 3.84. The van der Waals surface area contributed by atoms with Crippen molar-refractivity contribution in [2.75, 3.05) is 6.61 Å². The van der Waals surface area contributed by atoms with E-state index in [0.717, 1.165) is 18.3 Å². The second kappa shape index (κ2) is 5.79. The molecule has 1 aromatic rings. The van der Waals surface area contributed by atoms with Crippen LogP contribution in [-0.2, 0) is 0 Å². The molecule has 15 heavy (non-hydrogen) atoms. The fourth-order valence-electron chi connectivity index (χ4n) is 1.78. The molecule has 1 nitrogen and oxygen atoms in total. The molecule has 0 aromatic heterocycles. The molecule has 0 atom stereocenters. The van der Waals surface area contributed by atoms with Gasteiger partial charge in [0.1, 0.15) is 5.75 Å². The fourth-order valence-corrected chi connectivity index (χ4v) is 1.78. The van der Waals surface area contributed by atoms with Crippen LogP contribution in [0.5, 0.6) is 5.75 Å². The zero-order valence-corrected chi connectivity index (χ0v) is 9.24. The van der Waals surface area contributed by atoms with Gasteiger partial charge in [-0.1, -0.05) is 44.2 Å². The van der Waals surface area contributed by atoms with Crippen molar-refractivity contribution in [1.82, 2.24) is 0 Å². The Hall–Kier alpha value is -0.980. The monoisotopic (exact) mass is 203 g/mol. The van der Waals surface area contributed by atoms with E-state index >= 15 is 0 Å². The maximum atomic E-state index is 5.60. The van der Waals surface area contributed by atoms with Gasteiger partial charge in [-0.15, -0.1) is 0 Å². The lowest BCUT2D eigenvalue weighted by atomic mass is 10.1. The number of rotatable bonds is 7. The molecule has 0 amide bonds. The molecule has 0 unspecified atom stereocenters. The van der Waals surface area contributed by atoms with E-state index < -0.39 is 0 Å². The van der Waals surface area contributed by atoms with Crippen molar-refractivity contribution in [1.29, 1.82) is 0 Å². The van der Waals surface area contributed by atoms with E-state index in [1.807, 2.05) is 24.3 Å². The van der Waals surface area contributed by atoms with Crippen LogP contribution in [0.15, 0.2) is 24.3 Å². The number of ether oxygens (including phenoxy) is 1. The van der Waals surface area contributed by atoms with E-state index in [4.69, 9.17) is 4.74 Å². The summed E-state index contributed by atoms with van der Waals surface area (Å²) in [5.41, 5.74) is 0. The van der Waals surface area contributed by atoms with E-state index in [2.05, 4.69) is 6.07 Å². The van der Waals surface area contributed by atoms with Crippen molar-refractivity contribution in [2.45, 2.75) is 38.5 Å². The zero-order chi connectivity index (χ0) is 10.3. The molecule has 1 heteroatoms. The lowest BCUT2D eigenvalue weighted by Crippen LogP contribution is -1.96. The summed E-state index contributed by atoms with van der Waals surface area (Å²) in [7, 11) is 0. The van der Waals surface area contributed by atoms with Crippen molar-refractivity contribution >= 4 is 0 Å². The normalized spacial score (nSPS) is 15.2. The quantitative estimate of drug-likeness (QED) is 0.612. The van der Waals surface area contributed by atoms with Crippen LogP contribution in [0.1, 0.15) is 38.5 Å². The van der Waals surface area contributed by atoms with Gasteiger partial charge in [0, 0.05) is 0 Å². The molecule has 2 rings (SSSR count). The minimum Gasteiger partial charge on any atom is -0.494 e. The lowest BCUT2D eigenvalue weighted by Gasteiger charge is -2.05. The molecule has 1 saturated carbocycles. The molecule has 0 aliphatic heterocycles. The van der Waals surface area contributed by atoms with Gasteiger partial charge in [-0.25, -0.2) is 0 Å². The van der Waals surface area contributed by atoms with Gasteiger partial charge in [-0.3, -0.25) is 0 Å². The molecule has 1 aliphatic carbocycles. The van der Waals surface area contributed by atoms with Gasteiger partial charge in [-0.2, -0.15) is 0 Å². The summed E-state index contributed by atoms with van der Waals surface area (Å²) >= 11 is 0. The first kappa shape index (κ1) is 10.5. The van der Waals surface area contributed by atoms with Crippen molar-refractivity contribution in [3.63, 3.8) is 0 Å². The molecule has 0 spiro atoms. The van der Waals surface area contributed by atoms with Crippen LogP contribution in [-0.4, -0.2) is 6.61 Å². The van der Waals surface area contributed by atoms with Crippen LogP contribution in [0.25, 0.3) is 0 Å². The topological polar surface area (TPSA) is 9.23 Å². The Balaban J connectivity index is 1.47. The summed E-state index contributed by atoms with van der Waals surface area (Å²) in [5, 5.41) is 0. The van der Waals surface area contributed by atoms with Gasteiger partial charge < -0.3 is 4.74 Å². The maximum absolute atomic E-state index is 5.60. The Morgan fingerprint density at radius 3 is 2.93 bits per heavy atom. The Bertz CT molecular complexity index is 264. The van der Waals surface area contributed by atoms with Crippen LogP contribution < -0.4 is 4.74 Å². The molecule has 1 aliphatic rings. The zero-order valence-electron chi connectivity index (χ0n) is 9.24. The van der Waals surface area contributed by atoms with Gasteiger partial charge in [0.2, 0.25) is 0 Å². The number of hydrogen-bond acceptors (Lipinski definition) is 1. The highest BCUT2D eigenvalue weighted by molar-refractivity contribution is 5.19. The Kier molecular flexibility index (Phi) is 4.07. The highest BCUT2D eigenvalue weighted by Crippen LogP contribution is 2.33. The summed E-state index contributed by atoms with van der Waals surface area (Å²) in [6.07, 6.45) is 8.29. The van der Waals surface area contributed by atoms with Gasteiger partial charge in [-0.05, 0) is 30.5 Å². The molecule has 0 bridgehead atoms. The highest BCUT2D eigenvalue weighted by atomic mass is 16.5. The van der Waals surface area contributed by atoms with E-state index in [9.17, 15) is 0 Å². The minimum absolute atomic E-state index is 0.850. The molecule has 1 aromatic carbocycles. The standard InChI is InChI=1S/C14H19O/c1-4-8-14(9-5-1)15-12-6-2-3-7-13-10-11-13/h1,4,8-9,13H,2-3,6-7,10-12H2. The average Bonchev–Trinajstić information content (AvgIpc) is 3.09. The smallest absolute Gasteiger partial charge is 0.119 e. The first-order valence-electron chi connectivity index (χ1n) is 6.04. The SMILES string of the molecule is [c]1cccc(OCCCCCC2CC2)c1. The van der Waals surface area contributed by atoms with Gasteiger partial charge in [0.05, 0.1) is 6.61 Å². The van der Waals surface area contributed by atoms with Crippen molar-refractivity contribution < 1.29 is 4.74 Å². The van der Waals surface area contributed by atoms with Crippen molar-refractivity contribution in [2.24, 2.45) is 5.92 Å². The van der Waals surface area contributed by atoms with Gasteiger partial charge in [0.15, 0.2) is 0 Å². The highest BCUT2D eigenvalue weighted by Gasteiger charge is 2.19. The first-order chi connectivity index (χ1) is 7.45. The Morgan fingerprint density at radius 1 is 1.27 bits per heavy atom. The summed E-state index contributed by atoms with van der Waals surface area (Å²) in [6, 6.07) is 10.7. The van der Waals surface area contributed by atoms with E-state index in [0.29, 0.717) is 0 Å². The first-order valence-corrected chi connectivity index (χ1v) is 6.04. The van der Waals surface area contributed by atoms with Crippen LogP contribution in [0.3, 0.4) is 0 Å².